The summed E-state index contributed by atoms with van der Waals surface area (Å²) in [6.07, 6.45) is 3.36. The summed E-state index contributed by atoms with van der Waals surface area (Å²) in [5.41, 5.74) is 0. The maximum atomic E-state index is 5.29. The van der Waals surface area contributed by atoms with E-state index in [1.807, 2.05) is 25.9 Å². The zero-order valence-electron chi connectivity index (χ0n) is 9.53. The lowest BCUT2D eigenvalue weighted by Gasteiger charge is -2.17. The molecule has 0 aromatic carbocycles. The van der Waals surface area contributed by atoms with Crippen LogP contribution in [0.25, 0.3) is 0 Å². The molecular formula is C10H18N4O. The van der Waals surface area contributed by atoms with Crippen molar-refractivity contribution in [2.75, 3.05) is 38.7 Å². The fourth-order valence-corrected chi connectivity index (χ4v) is 1.13. The van der Waals surface area contributed by atoms with Gasteiger partial charge in [0.2, 0.25) is 5.88 Å². The average Bonchev–Trinajstić information content (AvgIpc) is 2.27. The van der Waals surface area contributed by atoms with Gasteiger partial charge in [0.1, 0.15) is 0 Å². The van der Waals surface area contributed by atoms with Crippen LogP contribution in [0.2, 0.25) is 0 Å². The number of rotatable bonds is 6. The Kier molecular flexibility index (Phi) is 4.83. The summed E-state index contributed by atoms with van der Waals surface area (Å²) < 4.78 is 5.29. The maximum absolute atomic E-state index is 5.29. The number of likely N-dealkylation sites (N-methyl/N-ethyl adjacent to an activating group) is 2. The van der Waals surface area contributed by atoms with Crippen molar-refractivity contribution < 1.29 is 4.74 Å². The molecule has 0 unspecified atom stereocenters. The molecule has 0 aliphatic rings. The molecular weight excluding hydrogens is 192 g/mol. The summed E-state index contributed by atoms with van der Waals surface area (Å²) >= 11 is 0. The second kappa shape index (κ2) is 6.19. The summed E-state index contributed by atoms with van der Waals surface area (Å²) in [6.45, 7) is 4.34. The van der Waals surface area contributed by atoms with E-state index in [-0.39, 0.29) is 0 Å². The number of nitrogens with zero attached hydrogens (tertiary/aromatic N) is 3. The largest absolute Gasteiger partial charge is 0.477 e. The summed E-state index contributed by atoms with van der Waals surface area (Å²) in [6, 6.07) is 0. The maximum Gasteiger partial charge on any atom is 0.234 e. The fourth-order valence-electron chi connectivity index (χ4n) is 1.13. The lowest BCUT2D eigenvalue weighted by molar-refractivity contribution is 0.325. The van der Waals surface area contributed by atoms with Crippen LogP contribution in [0, 0.1) is 0 Å². The SMILES string of the molecule is CCOc1cncc(N(C)CCNC)n1. The number of anilines is 1. The number of hydrogen-bond acceptors (Lipinski definition) is 5. The van der Waals surface area contributed by atoms with E-state index in [1.54, 1.807) is 12.4 Å². The molecule has 15 heavy (non-hydrogen) atoms. The Morgan fingerprint density at radius 3 is 2.93 bits per heavy atom. The summed E-state index contributed by atoms with van der Waals surface area (Å²) in [5, 5.41) is 3.09. The van der Waals surface area contributed by atoms with Crippen LogP contribution < -0.4 is 15.0 Å². The number of nitrogens with one attached hydrogen (secondary N) is 1. The van der Waals surface area contributed by atoms with Crippen LogP contribution in [0.15, 0.2) is 12.4 Å². The molecule has 0 amide bonds. The van der Waals surface area contributed by atoms with Gasteiger partial charge in [0.15, 0.2) is 5.82 Å². The van der Waals surface area contributed by atoms with E-state index < -0.39 is 0 Å². The van der Waals surface area contributed by atoms with Gasteiger partial charge >= 0.3 is 0 Å². The zero-order chi connectivity index (χ0) is 11.1. The molecule has 1 aromatic heterocycles. The molecule has 5 heteroatoms. The Bertz CT molecular complexity index is 293. The first-order valence-corrected chi connectivity index (χ1v) is 5.08. The minimum atomic E-state index is 0.575. The lowest BCUT2D eigenvalue weighted by Crippen LogP contribution is -2.27. The first-order valence-electron chi connectivity index (χ1n) is 5.08. The summed E-state index contributed by atoms with van der Waals surface area (Å²) in [4.78, 5) is 10.4. The van der Waals surface area contributed by atoms with Gasteiger partial charge in [0, 0.05) is 20.1 Å². The molecule has 0 fully saturated rings. The van der Waals surface area contributed by atoms with Crippen LogP contribution in [0.4, 0.5) is 5.82 Å². The van der Waals surface area contributed by atoms with E-state index in [0.717, 1.165) is 18.9 Å². The lowest BCUT2D eigenvalue weighted by atomic mass is 10.5. The molecule has 0 spiro atoms. The van der Waals surface area contributed by atoms with Crippen LogP contribution in [0.1, 0.15) is 6.92 Å². The molecule has 0 radical (unpaired) electrons. The first kappa shape index (κ1) is 11.7. The van der Waals surface area contributed by atoms with Crippen molar-refractivity contribution in [3.63, 3.8) is 0 Å². The van der Waals surface area contributed by atoms with Gasteiger partial charge in [-0.05, 0) is 14.0 Å². The number of aromatic nitrogens is 2. The summed E-state index contributed by atoms with van der Waals surface area (Å²) in [5.74, 6) is 1.41. The van der Waals surface area contributed by atoms with Crippen LogP contribution in [0.3, 0.4) is 0 Å². The highest BCUT2D eigenvalue weighted by Gasteiger charge is 2.03. The smallest absolute Gasteiger partial charge is 0.234 e. The molecule has 1 aromatic rings. The van der Waals surface area contributed by atoms with Crippen molar-refractivity contribution in [3.8, 4) is 5.88 Å². The quantitative estimate of drug-likeness (QED) is 0.742. The van der Waals surface area contributed by atoms with E-state index in [2.05, 4.69) is 15.3 Å². The van der Waals surface area contributed by atoms with E-state index in [0.29, 0.717) is 12.5 Å². The van der Waals surface area contributed by atoms with Crippen LogP contribution in [0.5, 0.6) is 5.88 Å². The highest BCUT2D eigenvalue weighted by molar-refractivity contribution is 5.36. The highest BCUT2D eigenvalue weighted by atomic mass is 16.5. The number of hydrogen-bond donors (Lipinski definition) is 1. The van der Waals surface area contributed by atoms with Gasteiger partial charge < -0.3 is 15.0 Å². The normalized spacial score (nSPS) is 10.1. The molecule has 0 bridgehead atoms. The van der Waals surface area contributed by atoms with Gasteiger partial charge in [-0.15, -0.1) is 0 Å². The van der Waals surface area contributed by atoms with E-state index in [9.17, 15) is 0 Å². The molecule has 0 atom stereocenters. The molecule has 5 nitrogen and oxygen atoms in total. The van der Waals surface area contributed by atoms with Crippen LogP contribution in [-0.4, -0.2) is 43.8 Å². The third-order valence-electron chi connectivity index (χ3n) is 1.98. The van der Waals surface area contributed by atoms with Crippen molar-refractivity contribution in [1.82, 2.24) is 15.3 Å². The molecule has 1 N–H and O–H groups in total. The van der Waals surface area contributed by atoms with Crippen molar-refractivity contribution in [2.45, 2.75) is 6.92 Å². The molecule has 1 rings (SSSR count). The molecule has 0 aliphatic carbocycles. The van der Waals surface area contributed by atoms with Gasteiger partial charge in [0.25, 0.3) is 0 Å². The Balaban J connectivity index is 2.62. The monoisotopic (exact) mass is 210 g/mol. The van der Waals surface area contributed by atoms with Gasteiger partial charge in [-0.25, -0.2) is 0 Å². The standard InChI is InChI=1S/C10H18N4O/c1-4-15-10-8-12-7-9(13-10)14(3)6-5-11-2/h7-8,11H,4-6H2,1-3H3. The van der Waals surface area contributed by atoms with Gasteiger partial charge in [-0.3, -0.25) is 4.98 Å². The van der Waals surface area contributed by atoms with E-state index in [4.69, 9.17) is 4.74 Å². The van der Waals surface area contributed by atoms with Crippen molar-refractivity contribution in [3.05, 3.63) is 12.4 Å². The molecule has 84 valence electrons. The predicted octanol–water partition coefficient (Wildman–Crippen LogP) is 0.531. The fraction of sp³-hybridized carbons (Fsp3) is 0.600. The molecule has 0 saturated heterocycles. The second-order valence-corrected chi connectivity index (χ2v) is 3.17. The first-order chi connectivity index (χ1) is 7.27. The molecule has 1 heterocycles. The Morgan fingerprint density at radius 2 is 2.27 bits per heavy atom. The third kappa shape index (κ3) is 3.71. The van der Waals surface area contributed by atoms with Crippen molar-refractivity contribution in [1.29, 1.82) is 0 Å². The minimum Gasteiger partial charge on any atom is -0.477 e. The predicted molar refractivity (Wildman–Crippen MR) is 60.4 cm³/mol. The van der Waals surface area contributed by atoms with E-state index >= 15 is 0 Å². The Labute approximate surface area is 90.5 Å². The van der Waals surface area contributed by atoms with Gasteiger partial charge in [-0.2, -0.15) is 4.98 Å². The summed E-state index contributed by atoms with van der Waals surface area (Å²) in [7, 11) is 3.91. The van der Waals surface area contributed by atoms with Gasteiger partial charge in [0.05, 0.1) is 19.0 Å². The van der Waals surface area contributed by atoms with E-state index in [1.165, 1.54) is 0 Å². The number of ether oxygens (including phenoxy) is 1. The van der Waals surface area contributed by atoms with Crippen molar-refractivity contribution >= 4 is 5.82 Å². The third-order valence-corrected chi connectivity index (χ3v) is 1.98. The second-order valence-electron chi connectivity index (χ2n) is 3.17. The topological polar surface area (TPSA) is 50.3 Å². The van der Waals surface area contributed by atoms with Crippen LogP contribution >= 0.6 is 0 Å². The Morgan fingerprint density at radius 1 is 1.47 bits per heavy atom. The van der Waals surface area contributed by atoms with Gasteiger partial charge in [-0.1, -0.05) is 0 Å². The highest BCUT2D eigenvalue weighted by Crippen LogP contribution is 2.11. The van der Waals surface area contributed by atoms with Crippen molar-refractivity contribution in [2.24, 2.45) is 0 Å². The minimum absolute atomic E-state index is 0.575. The zero-order valence-corrected chi connectivity index (χ0v) is 9.53. The molecule has 0 aliphatic heterocycles. The van der Waals surface area contributed by atoms with Crippen LogP contribution in [-0.2, 0) is 0 Å². The average molecular weight is 210 g/mol. The molecule has 0 saturated carbocycles. The Hall–Kier alpha value is -1.36.